The molecule has 6 heteroatoms. The molecule has 0 saturated heterocycles. The molecule has 0 aliphatic heterocycles. The molecule has 0 saturated carbocycles. The highest BCUT2D eigenvalue weighted by Crippen LogP contribution is 2.21. The molecule has 1 heterocycles. The van der Waals surface area contributed by atoms with Crippen molar-refractivity contribution in [2.75, 3.05) is 13.7 Å². The quantitative estimate of drug-likeness (QED) is 0.755. The fraction of sp³-hybridized carbons (Fsp3) is 0.909. The summed E-state index contributed by atoms with van der Waals surface area (Å²) in [4.78, 5) is 1.48. The molecule has 0 aliphatic carbocycles. The monoisotopic (exact) mass is 241 g/mol. The Balaban J connectivity index is 2.78. The molecular formula is C11H23N5O. The lowest BCUT2D eigenvalue weighted by atomic mass is 9.90. The zero-order chi connectivity index (χ0) is 12.9. The van der Waals surface area contributed by atoms with E-state index in [1.54, 1.807) is 14.2 Å². The van der Waals surface area contributed by atoms with Crippen LogP contribution in [-0.2, 0) is 18.2 Å². The summed E-state index contributed by atoms with van der Waals surface area (Å²) in [5.74, 6) is 0.746. The first-order valence-electron chi connectivity index (χ1n) is 6.07. The van der Waals surface area contributed by atoms with Crippen LogP contribution in [0.25, 0.3) is 0 Å². The summed E-state index contributed by atoms with van der Waals surface area (Å²) in [6, 6.07) is 0.187. The smallest absolute Gasteiger partial charge is 0.176 e. The number of nitrogens with one attached hydrogen (secondary N) is 1. The van der Waals surface area contributed by atoms with E-state index in [4.69, 9.17) is 4.74 Å². The molecule has 2 atom stereocenters. The van der Waals surface area contributed by atoms with Gasteiger partial charge in [0.05, 0.1) is 12.6 Å². The van der Waals surface area contributed by atoms with E-state index in [-0.39, 0.29) is 11.6 Å². The summed E-state index contributed by atoms with van der Waals surface area (Å²) >= 11 is 0. The molecule has 17 heavy (non-hydrogen) atoms. The van der Waals surface area contributed by atoms with Crippen LogP contribution in [0.3, 0.4) is 0 Å². The number of hydrogen-bond donors (Lipinski definition) is 1. The fourth-order valence-corrected chi connectivity index (χ4v) is 1.87. The highest BCUT2D eigenvalue weighted by Gasteiger charge is 2.33. The normalized spacial score (nSPS) is 16.8. The molecule has 1 aromatic heterocycles. The van der Waals surface area contributed by atoms with Crippen molar-refractivity contribution in [3.8, 4) is 0 Å². The molecule has 1 aromatic rings. The summed E-state index contributed by atoms with van der Waals surface area (Å²) in [5, 5.41) is 15.5. The second-order valence-corrected chi connectivity index (χ2v) is 4.38. The number of aryl methyl sites for hydroxylation is 1. The average Bonchev–Trinajstić information content (AvgIpc) is 2.73. The van der Waals surface area contributed by atoms with Gasteiger partial charge in [-0.3, -0.25) is 0 Å². The highest BCUT2D eigenvalue weighted by atomic mass is 16.5. The maximum Gasteiger partial charge on any atom is 0.176 e. The molecule has 6 nitrogen and oxygen atoms in total. The highest BCUT2D eigenvalue weighted by molar-refractivity contribution is 4.95. The first-order valence-corrected chi connectivity index (χ1v) is 6.07. The molecule has 98 valence electrons. The third kappa shape index (κ3) is 3.47. The summed E-state index contributed by atoms with van der Waals surface area (Å²) < 4.78 is 5.64. The van der Waals surface area contributed by atoms with Crippen molar-refractivity contribution in [2.24, 2.45) is 7.05 Å². The van der Waals surface area contributed by atoms with E-state index in [2.05, 4.69) is 41.5 Å². The van der Waals surface area contributed by atoms with Gasteiger partial charge < -0.3 is 10.1 Å². The van der Waals surface area contributed by atoms with Gasteiger partial charge in [0, 0.05) is 19.6 Å². The Kier molecular flexibility index (Phi) is 5.02. The third-order valence-electron chi connectivity index (χ3n) is 3.29. The van der Waals surface area contributed by atoms with Gasteiger partial charge >= 0.3 is 0 Å². The maximum absolute atomic E-state index is 5.64. The third-order valence-corrected chi connectivity index (χ3v) is 3.29. The molecule has 0 amide bonds. The predicted octanol–water partition coefficient (Wildman–Crippen LogP) is 0.546. The Morgan fingerprint density at radius 1 is 1.47 bits per heavy atom. The van der Waals surface area contributed by atoms with Crippen LogP contribution in [0.4, 0.5) is 0 Å². The van der Waals surface area contributed by atoms with Crippen molar-refractivity contribution < 1.29 is 4.74 Å². The topological polar surface area (TPSA) is 64.9 Å². The predicted molar refractivity (Wildman–Crippen MR) is 65.7 cm³/mol. The summed E-state index contributed by atoms with van der Waals surface area (Å²) in [6.07, 6.45) is 1.65. The standard InChI is InChI=1S/C11H23N5O/c1-6-11(3,17-5)9(12-7-2)8-10-13-15-16(4)14-10/h9,12H,6-8H2,1-5H3. The fourth-order valence-electron chi connectivity index (χ4n) is 1.87. The number of aromatic nitrogens is 4. The van der Waals surface area contributed by atoms with E-state index in [1.807, 2.05) is 0 Å². The van der Waals surface area contributed by atoms with Crippen molar-refractivity contribution in [3.05, 3.63) is 5.82 Å². The second-order valence-electron chi connectivity index (χ2n) is 4.38. The molecule has 0 spiro atoms. The van der Waals surface area contributed by atoms with Gasteiger partial charge in [-0.1, -0.05) is 13.8 Å². The van der Waals surface area contributed by atoms with Crippen LogP contribution < -0.4 is 5.32 Å². The molecule has 0 fully saturated rings. The van der Waals surface area contributed by atoms with Crippen molar-refractivity contribution in [1.82, 2.24) is 25.5 Å². The maximum atomic E-state index is 5.64. The molecule has 0 radical (unpaired) electrons. The van der Waals surface area contributed by atoms with Gasteiger partial charge in [0.1, 0.15) is 0 Å². The molecule has 2 unspecified atom stereocenters. The number of tetrazole rings is 1. The first-order chi connectivity index (χ1) is 8.05. The number of nitrogens with zero attached hydrogens (tertiary/aromatic N) is 4. The van der Waals surface area contributed by atoms with Gasteiger partial charge in [-0.2, -0.15) is 4.80 Å². The van der Waals surface area contributed by atoms with Crippen LogP contribution in [-0.4, -0.2) is 45.5 Å². The second kappa shape index (κ2) is 6.07. The van der Waals surface area contributed by atoms with E-state index in [1.165, 1.54) is 4.80 Å². The van der Waals surface area contributed by atoms with Crippen LogP contribution >= 0.6 is 0 Å². The zero-order valence-corrected chi connectivity index (χ0v) is 11.4. The van der Waals surface area contributed by atoms with Gasteiger partial charge in [-0.05, 0) is 25.1 Å². The van der Waals surface area contributed by atoms with Crippen LogP contribution in [0.5, 0.6) is 0 Å². The molecule has 1 rings (SSSR count). The van der Waals surface area contributed by atoms with Crippen molar-refractivity contribution in [1.29, 1.82) is 0 Å². The van der Waals surface area contributed by atoms with Crippen molar-refractivity contribution in [2.45, 2.75) is 45.3 Å². The van der Waals surface area contributed by atoms with Crippen LogP contribution in [0.15, 0.2) is 0 Å². The van der Waals surface area contributed by atoms with E-state index in [0.29, 0.717) is 0 Å². The lowest BCUT2D eigenvalue weighted by Crippen LogP contribution is -2.51. The first kappa shape index (κ1) is 14.1. The molecule has 0 aliphatic rings. The van der Waals surface area contributed by atoms with E-state index >= 15 is 0 Å². The number of rotatable bonds is 7. The molecule has 0 bridgehead atoms. The minimum atomic E-state index is -0.213. The summed E-state index contributed by atoms with van der Waals surface area (Å²) in [6.45, 7) is 7.21. The summed E-state index contributed by atoms with van der Waals surface area (Å²) in [5.41, 5.74) is -0.213. The number of hydrogen-bond acceptors (Lipinski definition) is 5. The Morgan fingerprint density at radius 2 is 2.18 bits per heavy atom. The molecule has 1 N–H and O–H groups in total. The Hall–Kier alpha value is -1.01. The minimum Gasteiger partial charge on any atom is -0.377 e. The van der Waals surface area contributed by atoms with Gasteiger partial charge in [-0.25, -0.2) is 0 Å². The average molecular weight is 241 g/mol. The Bertz CT molecular complexity index is 334. The van der Waals surface area contributed by atoms with Gasteiger partial charge in [0.15, 0.2) is 5.82 Å². The van der Waals surface area contributed by atoms with Gasteiger partial charge in [0.25, 0.3) is 0 Å². The van der Waals surface area contributed by atoms with Gasteiger partial charge in [-0.15, -0.1) is 10.2 Å². The van der Waals surface area contributed by atoms with E-state index < -0.39 is 0 Å². The van der Waals surface area contributed by atoms with E-state index in [0.717, 1.165) is 25.2 Å². The molecule has 0 aromatic carbocycles. The largest absolute Gasteiger partial charge is 0.377 e. The SMILES string of the molecule is CCNC(Cc1nnn(C)n1)C(C)(CC)OC. The number of likely N-dealkylation sites (N-methyl/N-ethyl adjacent to an activating group) is 1. The van der Waals surface area contributed by atoms with Crippen LogP contribution in [0.2, 0.25) is 0 Å². The van der Waals surface area contributed by atoms with E-state index in [9.17, 15) is 0 Å². The van der Waals surface area contributed by atoms with Crippen LogP contribution in [0.1, 0.15) is 33.0 Å². The van der Waals surface area contributed by atoms with Crippen molar-refractivity contribution >= 4 is 0 Å². The minimum absolute atomic E-state index is 0.187. The van der Waals surface area contributed by atoms with Gasteiger partial charge in [0.2, 0.25) is 0 Å². The summed E-state index contributed by atoms with van der Waals surface area (Å²) in [7, 11) is 3.52. The number of ether oxygens (including phenoxy) is 1. The van der Waals surface area contributed by atoms with Crippen LogP contribution in [0, 0.1) is 0 Å². The lowest BCUT2D eigenvalue weighted by molar-refractivity contribution is -0.0288. The number of methoxy groups -OCH3 is 1. The zero-order valence-electron chi connectivity index (χ0n) is 11.4. The lowest BCUT2D eigenvalue weighted by Gasteiger charge is -2.35. The Morgan fingerprint density at radius 3 is 2.59 bits per heavy atom. The Labute approximate surface area is 103 Å². The van der Waals surface area contributed by atoms with Crippen molar-refractivity contribution in [3.63, 3.8) is 0 Å². The molecular weight excluding hydrogens is 218 g/mol.